The minimum Gasteiger partial charge on any atom is -0.0620 e. The summed E-state index contributed by atoms with van der Waals surface area (Å²) in [5, 5.41) is 0. The Hall–Kier alpha value is -3.90. The fourth-order valence-electron chi connectivity index (χ4n) is 7.02. The van der Waals surface area contributed by atoms with Gasteiger partial charge in [0.2, 0.25) is 0 Å². The third-order valence-electron chi connectivity index (χ3n) is 9.94. The molecular weight excluding hydrogens is 841 g/mol. The van der Waals surface area contributed by atoms with Crippen molar-refractivity contribution in [3.05, 3.63) is 177 Å². The van der Waals surface area contributed by atoms with Crippen molar-refractivity contribution in [2.45, 2.75) is 235 Å². The molecular formula is C70H110. The zero-order chi connectivity index (χ0) is 53.0. The van der Waals surface area contributed by atoms with E-state index < -0.39 is 0 Å². The molecule has 10 rings (SSSR count). The molecule has 0 spiro atoms. The lowest BCUT2D eigenvalue weighted by molar-refractivity contribution is 0.469. The van der Waals surface area contributed by atoms with Crippen molar-refractivity contribution < 1.29 is 0 Å². The zero-order valence-corrected chi connectivity index (χ0v) is 49.7. The van der Waals surface area contributed by atoms with E-state index in [4.69, 9.17) is 0 Å². The Morgan fingerprint density at radius 3 is 0.486 bits per heavy atom. The predicted octanol–water partition coefficient (Wildman–Crippen LogP) is 21.3. The summed E-state index contributed by atoms with van der Waals surface area (Å²) in [7, 11) is 0. The third-order valence-corrected chi connectivity index (χ3v) is 9.94. The van der Waals surface area contributed by atoms with Gasteiger partial charge in [-0.05, 0) is 173 Å². The van der Waals surface area contributed by atoms with Crippen LogP contribution < -0.4 is 0 Å². The van der Waals surface area contributed by atoms with E-state index in [1.54, 1.807) is 44.5 Å². The molecule has 0 unspecified atom stereocenters. The lowest BCUT2D eigenvalue weighted by Crippen LogP contribution is -2.06. The van der Waals surface area contributed by atoms with Crippen LogP contribution in [0.15, 0.2) is 121 Å². The Balaban J connectivity index is 0.000000396. The van der Waals surface area contributed by atoms with Crippen molar-refractivity contribution >= 4 is 0 Å². The van der Waals surface area contributed by atoms with E-state index in [9.17, 15) is 0 Å². The Morgan fingerprint density at radius 2 is 0.329 bits per heavy atom. The van der Waals surface area contributed by atoms with Crippen LogP contribution in [0.25, 0.3) is 0 Å². The summed E-state index contributed by atoms with van der Waals surface area (Å²) in [6.07, 6.45) is 20.0. The van der Waals surface area contributed by atoms with Gasteiger partial charge in [0.1, 0.15) is 0 Å². The smallest absolute Gasteiger partial charge is 0.00201 e. The van der Waals surface area contributed by atoms with Gasteiger partial charge in [0, 0.05) is 0 Å². The predicted molar refractivity (Wildman–Crippen MR) is 318 cm³/mol. The van der Waals surface area contributed by atoms with Crippen LogP contribution >= 0.6 is 0 Å². The molecule has 5 aliphatic rings. The summed E-state index contributed by atoms with van der Waals surface area (Å²) in [4.78, 5) is 0. The van der Waals surface area contributed by atoms with Gasteiger partial charge in [-0.2, -0.15) is 0 Å². The van der Waals surface area contributed by atoms with Gasteiger partial charge < -0.3 is 0 Å². The molecule has 0 aliphatic heterocycles. The highest BCUT2D eigenvalue weighted by atomic mass is 14.2. The first-order valence-electron chi connectivity index (χ1n) is 27.7. The van der Waals surface area contributed by atoms with Crippen LogP contribution in [0.1, 0.15) is 233 Å². The maximum atomic E-state index is 2.28. The standard InChI is InChI=1S/C11H14.C10H12.C9H10.C8H8.C7H6.5C5H12/c1-2-6-10-8-4-5-9-11(10)7-3-1;1-2-6-10-8-4-3-7-9(10)5-1;1-2-5-9-7-3-6-8(9)4-1;1-2-4-8-6-5-7(8)3-1;1-2-4-7-5-6(7)3-1;5*1-5(2,3)4/h4-5,8-9H,1-3,6-7H2;1-2,5-6H,3-4,7-8H2;1-2,4-5H,3,6-7H2;1-4H,5-6H2;1-4H,5H2;5*1-4H3. The Bertz CT molecular complexity index is 1890. The summed E-state index contributed by atoms with van der Waals surface area (Å²) < 4.78 is 0. The molecule has 0 saturated carbocycles. The maximum Gasteiger partial charge on any atom is -0.00201 e. The molecule has 0 amide bonds. The first-order chi connectivity index (χ1) is 32.3. The van der Waals surface area contributed by atoms with E-state index in [1.165, 1.54) is 107 Å². The van der Waals surface area contributed by atoms with Crippen LogP contribution in [0.4, 0.5) is 0 Å². The van der Waals surface area contributed by atoms with Crippen molar-refractivity contribution in [2.24, 2.45) is 27.1 Å². The molecule has 5 aliphatic carbocycles. The number of rotatable bonds is 0. The largest absolute Gasteiger partial charge is 0.0620 e. The van der Waals surface area contributed by atoms with Crippen molar-refractivity contribution in [3.63, 3.8) is 0 Å². The molecule has 5 aromatic carbocycles. The molecule has 70 heavy (non-hydrogen) atoms. The molecule has 0 saturated heterocycles. The van der Waals surface area contributed by atoms with E-state index in [0.29, 0.717) is 27.1 Å². The summed E-state index contributed by atoms with van der Waals surface area (Å²) in [6.45, 7) is 43.8. The second kappa shape index (κ2) is 32.2. The van der Waals surface area contributed by atoms with E-state index in [2.05, 4.69) is 260 Å². The van der Waals surface area contributed by atoms with Crippen molar-refractivity contribution in [1.29, 1.82) is 0 Å². The quantitative estimate of drug-likeness (QED) is 0.133. The lowest BCUT2D eigenvalue weighted by Gasteiger charge is -2.16. The molecule has 0 heterocycles. The van der Waals surface area contributed by atoms with Gasteiger partial charge in [0.05, 0.1) is 0 Å². The Morgan fingerprint density at radius 1 is 0.186 bits per heavy atom. The van der Waals surface area contributed by atoms with Gasteiger partial charge in [-0.1, -0.05) is 266 Å². The molecule has 0 fully saturated rings. The van der Waals surface area contributed by atoms with Gasteiger partial charge in [-0.3, -0.25) is 0 Å². The molecule has 0 N–H and O–H groups in total. The second-order valence-electron chi connectivity index (χ2n) is 28.1. The number of benzene rings is 5. The normalized spacial score (nSPS) is 14.3. The number of aryl methyl sites for hydroxylation is 8. The summed E-state index contributed by atoms with van der Waals surface area (Å²) in [5.41, 5.74) is 18.1. The van der Waals surface area contributed by atoms with Crippen molar-refractivity contribution in [2.75, 3.05) is 0 Å². The van der Waals surface area contributed by atoms with Gasteiger partial charge >= 0.3 is 0 Å². The molecule has 5 aromatic rings. The highest BCUT2D eigenvalue weighted by molar-refractivity contribution is 5.44. The van der Waals surface area contributed by atoms with Gasteiger partial charge in [0.25, 0.3) is 0 Å². The van der Waals surface area contributed by atoms with Crippen molar-refractivity contribution in [1.82, 2.24) is 0 Å². The minimum absolute atomic E-state index is 0.500. The fraction of sp³-hybridized carbons (Fsp3) is 0.571. The SMILES string of the molecule is CC(C)(C)C.CC(C)(C)C.CC(C)(C)C.CC(C)(C)C.CC(C)(C)C.c1ccc2c(c1)C2.c1ccc2c(c1)CC2.c1ccc2c(c1)CCC2.c1ccc2c(c1)CCCC2.c1ccc2c(c1)CCCCC2. The van der Waals surface area contributed by atoms with Crippen LogP contribution in [0.5, 0.6) is 0 Å². The van der Waals surface area contributed by atoms with Gasteiger partial charge in [-0.15, -0.1) is 0 Å². The molecule has 0 atom stereocenters. The second-order valence-corrected chi connectivity index (χ2v) is 28.1. The van der Waals surface area contributed by atoms with E-state index in [-0.39, 0.29) is 0 Å². The molecule has 0 nitrogen and oxygen atoms in total. The van der Waals surface area contributed by atoms with Crippen LogP contribution in [0.3, 0.4) is 0 Å². The van der Waals surface area contributed by atoms with Crippen LogP contribution in [0, 0.1) is 27.1 Å². The summed E-state index contributed by atoms with van der Waals surface area (Å²) >= 11 is 0. The lowest BCUT2D eigenvalue weighted by atomic mass is 9.89. The topological polar surface area (TPSA) is 0 Å². The highest BCUT2D eigenvalue weighted by Gasteiger charge is 2.13. The maximum absolute atomic E-state index is 2.28. The molecule has 390 valence electrons. The number of fused-ring (bicyclic) bond motifs is 5. The Labute approximate surface area is 436 Å². The minimum atomic E-state index is 0.500. The highest BCUT2D eigenvalue weighted by Crippen LogP contribution is 2.26. The average Bonchev–Trinajstić information content (AvgIpc) is 3.92. The molecule has 0 radical (unpaired) electrons. The van der Waals surface area contributed by atoms with E-state index >= 15 is 0 Å². The molecule has 0 bridgehead atoms. The van der Waals surface area contributed by atoms with E-state index in [0.717, 1.165) is 0 Å². The summed E-state index contributed by atoms with van der Waals surface area (Å²) in [6, 6.07) is 43.6. The zero-order valence-electron chi connectivity index (χ0n) is 49.7. The van der Waals surface area contributed by atoms with Gasteiger partial charge in [-0.25, -0.2) is 0 Å². The Kier molecular flexibility index (Phi) is 29.5. The van der Waals surface area contributed by atoms with E-state index in [1.807, 2.05) is 0 Å². The first kappa shape index (κ1) is 64.1. The average molecular weight is 952 g/mol. The monoisotopic (exact) mass is 951 g/mol. The summed E-state index contributed by atoms with van der Waals surface area (Å²) in [5.74, 6) is 0. The van der Waals surface area contributed by atoms with Gasteiger partial charge in [0.15, 0.2) is 0 Å². The van der Waals surface area contributed by atoms with Crippen LogP contribution in [0.2, 0.25) is 0 Å². The van der Waals surface area contributed by atoms with Crippen LogP contribution in [-0.2, 0) is 57.8 Å². The number of hydrogen-bond donors (Lipinski definition) is 0. The van der Waals surface area contributed by atoms with Crippen molar-refractivity contribution in [3.8, 4) is 0 Å². The molecule has 0 aromatic heterocycles. The third kappa shape index (κ3) is 40.8. The van der Waals surface area contributed by atoms with Crippen LogP contribution in [-0.4, -0.2) is 0 Å². The first-order valence-corrected chi connectivity index (χ1v) is 27.7. The number of hydrogen-bond acceptors (Lipinski definition) is 0. The molecule has 0 heteroatoms. The fourth-order valence-corrected chi connectivity index (χ4v) is 7.02.